The molecule has 5 nitrogen and oxygen atoms in total. The van der Waals surface area contributed by atoms with Crippen molar-refractivity contribution in [3.05, 3.63) is 11.6 Å². The molecular weight excluding hydrogens is 388 g/mol. The first kappa shape index (κ1) is 21.4. The van der Waals surface area contributed by atoms with Crippen LogP contribution < -0.4 is 5.32 Å². The molecule has 1 heterocycles. The first-order valence-electron chi connectivity index (χ1n) is 12.6. The summed E-state index contributed by atoms with van der Waals surface area (Å²) in [4.78, 5) is 29.7. The SMILES string of the molecule is C/C(=N/OC(=O)C1CCCN1)C1CCC2C3CCC4=CC(=O)CCC4(C)C3CCC12C. The van der Waals surface area contributed by atoms with Crippen molar-refractivity contribution < 1.29 is 14.4 Å². The Hall–Kier alpha value is -1.49. The summed E-state index contributed by atoms with van der Waals surface area (Å²) in [7, 11) is 0. The third-order valence-corrected chi connectivity index (χ3v) is 10.1. The number of fused-ring (bicyclic) bond motifs is 5. The highest BCUT2D eigenvalue weighted by atomic mass is 16.7. The van der Waals surface area contributed by atoms with E-state index in [0.717, 1.165) is 56.7 Å². The van der Waals surface area contributed by atoms with E-state index in [0.29, 0.717) is 23.5 Å². The second-order valence-electron chi connectivity index (χ2n) is 11.4. The number of carbonyl (C=O) groups excluding carboxylic acids is 2. The average molecular weight is 427 g/mol. The number of allylic oxidation sites excluding steroid dienone is 1. The standard InChI is InChI=1S/C26H38N2O3/c1-16(28-31-24(30)23-5-4-14-27-23)20-8-9-21-19-7-6-17-15-18(29)10-12-25(17,2)22(19)11-13-26(20,21)3/h15,19-23,27H,4-14H2,1-3H3/b28-16-. The van der Waals surface area contributed by atoms with Gasteiger partial charge in [0.2, 0.25) is 0 Å². The van der Waals surface area contributed by atoms with Crippen molar-refractivity contribution in [1.82, 2.24) is 5.32 Å². The van der Waals surface area contributed by atoms with Crippen LogP contribution in [-0.4, -0.2) is 30.1 Å². The van der Waals surface area contributed by atoms with Crippen LogP contribution in [-0.2, 0) is 14.4 Å². The minimum absolute atomic E-state index is 0.188. The van der Waals surface area contributed by atoms with Crippen LogP contribution in [0.15, 0.2) is 16.8 Å². The van der Waals surface area contributed by atoms with Crippen molar-refractivity contribution >= 4 is 17.5 Å². The van der Waals surface area contributed by atoms with E-state index in [9.17, 15) is 9.59 Å². The molecule has 5 rings (SSSR count). The molecule has 1 N–H and O–H groups in total. The molecule has 1 saturated heterocycles. The number of rotatable bonds is 3. The van der Waals surface area contributed by atoms with Crippen LogP contribution >= 0.6 is 0 Å². The van der Waals surface area contributed by atoms with Crippen molar-refractivity contribution in [3.63, 3.8) is 0 Å². The predicted molar refractivity (Wildman–Crippen MR) is 120 cm³/mol. The van der Waals surface area contributed by atoms with E-state index in [2.05, 4.69) is 31.2 Å². The lowest BCUT2D eigenvalue weighted by atomic mass is 9.46. The number of hydrogen-bond donors (Lipinski definition) is 1. The summed E-state index contributed by atoms with van der Waals surface area (Å²) in [5.41, 5.74) is 2.91. The molecule has 7 atom stereocenters. The van der Waals surface area contributed by atoms with E-state index in [1.165, 1.54) is 31.3 Å². The van der Waals surface area contributed by atoms with Gasteiger partial charge in [0, 0.05) is 12.3 Å². The summed E-state index contributed by atoms with van der Waals surface area (Å²) in [6.07, 6.45) is 12.8. The Balaban J connectivity index is 1.32. The molecule has 31 heavy (non-hydrogen) atoms. The van der Waals surface area contributed by atoms with Gasteiger partial charge in [-0.1, -0.05) is 24.6 Å². The van der Waals surface area contributed by atoms with Crippen LogP contribution in [0.25, 0.3) is 0 Å². The van der Waals surface area contributed by atoms with E-state index in [4.69, 9.17) is 4.84 Å². The zero-order valence-corrected chi connectivity index (χ0v) is 19.4. The second-order valence-corrected chi connectivity index (χ2v) is 11.4. The Morgan fingerprint density at radius 3 is 2.71 bits per heavy atom. The Morgan fingerprint density at radius 1 is 1.10 bits per heavy atom. The quantitative estimate of drug-likeness (QED) is 0.400. The fourth-order valence-corrected chi connectivity index (χ4v) is 8.38. The van der Waals surface area contributed by atoms with E-state index in [1.807, 2.05) is 6.08 Å². The first-order chi connectivity index (χ1) is 14.8. The van der Waals surface area contributed by atoms with Crippen LogP contribution in [0.4, 0.5) is 0 Å². The van der Waals surface area contributed by atoms with Crippen LogP contribution in [0.1, 0.15) is 85.0 Å². The van der Waals surface area contributed by atoms with Gasteiger partial charge in [0.15, 0.2) is 5.78 Å². The van der Waals surface area contributed by atoms with Gasteiger partial charge in [0.05, 0.1) is 5.71 Å². The van der Waals surface area contributed by atoms with Gasteiger partial charge in [-0.15, -0.1) is 0 Å². The maximum Gasteiger partial charge on any atom is 0.351 e. The maximum absolute atomic E-state index is 12.3. The maximum atomic E-state index is 12.3. The zero-order valence-electron chi connectivity index (χ0n) is 19.4. The Labute approximate surface area is 186 Å². The number of nitrogens with one attached hydrogen (secondary N) is 1. The minimum Gasteiger partial charge on any atom is -0.317 e. The molecule has 7 unspecified atom stereocenters. The van der Waals surface area contributed by atoms with Gasteiger partial charge in [0.25, 0.3) is 0 Å². The van der Waals surface area contributed by atoms with Gasteiger partial charge >= 0.3 is 5.97 Å². The summed E-state index contributed by atoms with van der Waals surface area (Å²) < 4.78 is 0. The van der Waals surface area contributed by atoms with Crippen LogP contribution in [0.5, 0.6) is 0 Å². The van der Waals surface area contributed by atoms with Gasteiger partial charge in [-0.25, -0.2) is 4.79 Å². The van der Waals surface area contributed by atoms with E-state index >= 15 is 0 Å². The second kappa shape index (κ2) is 7.83. The van der Waals surface area contributed by atoms with Gasteiger partial charge in [0.1, 0.15) is 6.04 Å². The zero-order chi connectivity index (χ0) is 21.8. The van der Waals surface area contributed by atoms with Crippen molar-refractivity contribution in [2.24, 2.45) is 39.7 Å². The molecule has 3 saturated carbocycles. The molecule has 1 aliphatic heterocycles. The monoisotopic (exact) mass is 426 g/mol. The predicted octanol–water partition coefficient (Wildman–Crippen LogP) is 4.81. The Bertz CT molecular complexity index is 827. The fourth-order valence-electron chi connectivity index (χ4n) is 8.38. The van der Waals surface area contributed by atoms with E-state index < -0.39 is 0 Å². The molecule has 0 aromatic heterocycles. The summed E-state index contributed by atoms with van der Waals surface area (Å²) in [6, 6.07) is -0.188. The third kappa shape index (κ3) is 3.42. The van der Waals surface area contributed by atoms with Crippen LogP contribution in [0.2, 0.25) is 0 Å². The average Bonchev–Trinajstić information content (AvgIpc) is 3.40. The minimum atomic E-state index is -0.230. The van der Waals surface area contributed by atoms with E-state index in [1.54, 1.807) is 0 Å². The summed E-state index contributed by atoms with van der Waals surface area (Å²) in [5.74, 6) is 2.68. The highest BCUT2D eigenvalue weighted by molar-refractivity contribution is 5.91. The van der Waals surface area contributed by atoms with Gasteiger partial charge in [-0.2, -0.15) is 0 Å². The number of nitrogens with zero attached hydrogens (tertiary/aromatic N) is 1. The molecule has 170 valence electrons. The Morgan fingerprint density at radius 2 is 1.94 bits per heavy atom. The molecule has 0 aromatic rings. The van der Waals surface area contributed by atoms with Crippen molar-refractivity contribution in [3.8, 4) is 0 Å². The summed E-state index contributed by atoms with van der Waals surface area (Å²) in [5, 5.41) is 7.55. The lowest BCUT2D eigenvalue weighted by molar-refractivity contribution is -0.145. The van der Waals surface area contributed by atoms with Crippen molar-refractivity contribution in [1.29, 1.82) is 0 Å². The number of ketones is 1. The molecule has 0 radical (unpaired) electrons. The Kier molecular flexibility index (Phi) is 5.39. The van der Waals surface area contributed by atoms with E-state index in [-0.39, 0.29) is 22.8 Å². The smallest absolute Gasteiger partial charge is 0.317 e. The molecular formula is C26H38N2O3. The first-order valence-corrected chi connectivity index (χ1v) is 12.6. The number of hydrogen-bond acceptors (Lipinski definition) is 5. The molecule has 5 aliphatic rings. The van der Waals surface area contributed by atoms with Crippen molar-refractivity contribution in [2.45, 2.75) is 91.0 Å². The van der Waals surface area contributed by atoms with Gasteiger partial charge in [-0.3, -0.25) is 4.79 Å². The molecule has 4 aliphatic carbocycles. The molecule has 0 amide bonds. The molecule has 0 aromatic carbocycles. The molecule has 4 fully saturated rings. The topological polar surface area (TPSA) is 67.8 Å². The largest absolute Gasteiger partial charge is 0.351 e. The number of oxime groups is 1. The molecule has 5 heteroatoms. The molecule has 0 spiro atoms. The normalized spacial score (nSPS) is 44.9. The van der Waals surface area contributed by atoms with Gasteiger partial charge in [-0.05, 0) is 106 Å². The third-order valence-electron chi connectivity index (χ3n) is 10.1. The van der Waals surface area contributed by atoms with Gasteiger partial charge < -0.3 is 10.2 Å². The summed E-state index contributed by atoms with van der Waals surface area (Å²) >= 11 is 0. The van der Waals surface area contributed by atoms with Crippen LogP contribution in [0, 0.1) is 34.5 Å². The highest BCUT2D eigenvalue weighted by Gasteiger charge is 2.59. The van der Waals surface area contributed by atoms with Crippen LogP contribution in [0.3, 0.4) is 0 Å². The lowest BCUT2D eigenvalue weighted by Crippen LogP contribution is -2.51. The van der Waals surface area contributed by atoms with Crippen molar-refractivity contribution in [2.75, 3.05) is 6.54 Å². The summed E-state index contributed by atoms with van der Waals surface area (Å²) in [6.45, 7) is 7.87. The highest BCUT2D eigenvalue weighted by Crippen LogP contribution is 2.66. The molecule has 0 bridgehead atoms. The lowest BCUT2D eigenvalue weighted by Gasteiger charge is -2.58. The number of carbonyl (C=O) groups is 2. The fraction of sp³-hybridized carbons (Fsp3) is 0.808.